The minimum atomic E-state index is -4.95. The number of phosphoric ester groups is 2. The molecule has 0 aromatic rings. The van der Waals surface area contributed by atoms with E-state index in [1.54, 1.807) is 0 Å². The van der Waals surface area contributed by atoms with E-state index >= 15 is 0 Å². The molecular weight excluding hydrogens is 1220 g/mol. The largest absolute Gasteiger partial charge is 0.472 e. The number of aliphatic hydroxyl groups excluding tert-OH is 1. The van der Waals surface area contributed by atoms with Gasteiger partial charge in [-0.2, -0.15) is 0 Å². The van der Waals surface area contributed by atoms with Crippen LogP contribution < -0.4 is 0 Å². The Morgan fingerprint density at radius 1 is 0.258 bits per heavy atom. The Morgan fingerprint density at radius 2 is 0.430 bits per heavy atom. The number of hydrogen-bond donors (Lipinski definition) is 3. The Bertz CT molecular complexity index is 1770. The summed E-state index contributed by atoms with van der Waals surface area (Å²) in [5, 5.41) is 10.6. The van der Waals surface area contributed by atoms with Crippen LogP contribution in [0.25, 0.3) is 0 Å². The van der Waals surface area contributed by atoms with Gasteiger partial charge in [0.05, 0.1) is 26.4 Å². The van der Waals surface area contributed by atoms with Crippen molar-refractivity contribution in [2.75, 3.05) is 39.6 Å². The van der Waals surface area contributed by atoms with E-state index in [4.69, 9.17) is 37.0 Å². The highest BCUT2D eigenvalue weighted by Gasteiger charge is 2.30. The summed E-state index contributed by atoms with van der Waals surface area (Å²) in [6, 6.07) is 0. The SMILES string of the molecule is CCCCCCCCCCCCCCCCCCCCCCCCC(=O)O[C@H](COC(=O)CCCCCCCCCCCCCCCCCCC)COP(=O)(O)OC[C@@H](O)COP(=O)(O)OC[C@@H](COC(=O)CCCCCCC)OC(=O)CCCCCCCCCCC. The number of carbonyl (C=O) groups excluding carboxylic acids is 4. The molecule has 3 N–H and O–H groups in total. The van der Waals surface area contributed by atoms with Crippen LogP contribution in [0.2, 0.25) is 0 Å². The maximum Gasteiger partial charge on any atom is 0.472 e. The van der Waals surface area contributed by atoms with Crippen molar-refractivity contribution < 1.29 is 80.2 Å². The fourth-order valence-electron chi connectivity index (χ4n) is 11.4. The zero-order valence-corrected chi connectivity index (χ0v) is 62.0. The average Bonchev–Trinajstić information content (AvgIpc) is 2.11. The first kappa shape index (κ1) is 91.1. The smallest absolute Gasteiger partial charge is 0.462 e. The van der Waals surface area contributed by atoms with Crippen molar-refractivity contribution in [3.8, 4) is 0 Å². The lowest BCUT2D eigenvalue weighted by Gasteiger charge is -2.21. The van der Waals surface area contributed by atoms with Gasteiger partial charge in [-0.25, -0.2) is 9.13 Å². The lowest BCUT2D eigenvalue weighted by atomic mass is 10.0. The normalized spacial score (nSPS) is 13.9. The predicted octanol–water partition coefficient (Wildman–Crippen LogP) is 21.8. The molecular formula is C74H144O17P2. The number of unbranched alkanes of at least 4 members (excludes halogenated alkanes) is 49. The van der Waals surface area contributed by atoms with Crippen molar-refractivity contribution >= 4 is 39.5 Å². The fraction of sp³-hybridized carbons (Fsp3) is 0.946. The first-order valence-electron chi connectivity index (χ1n) is 38.8. The quantitative estimate of drug-likeness (QED) is 0.0222. The molecule has 0 aromatic carbocycles. The molecule has 0 radical (unpaired) electrons. The van der Waals surface area contributed by atoms with Crippen molar-refractivity contribution in [1.82, 2.24) is 0 Å². The van der Waals surface area contributed by atoms with E-state index in [2.05, 4.69) is 27.7 Å². The van der Waals surface area contributed by atoms with Crippen molar-refractivity contribution in [2.24, 2.45) is 0 Å². The molecule has 552 valence electrons. The Labute approximate surface area is 568 Å². The minimum Gasteiger partial charge on any atom is -0.462 e. The van der Waals surface area contributed by atoms with Crippen LogP contribution in [0.3, 0.4) is 0 Å². The van der Waals surface area contributed by atoms with E-state index < -0.39 is 97.5 Å². The lowest BCUT2D eigenvalue weighted by Crippen LogP contribution is -2.30. The van der Waals surface area contributed by atoms with Gasteiger partial charge < -0.3 is 33.8 Å². The van der Waals surface area contributed by atoms with Gasteiger partial charge in [-0.15, -0.1) is 0 Å². The molecule has 0 aliphatic rings. The highest BCUT2D eigenvalue weighted by Crippen LogP contribution is 2.45. The van der Waals surface area contributed by atoms with E-state index in [-0.39, 0.29) is 25.7 Å². The molecule has 0 fully saturated rings. The monoisotopic (exact) mass is 1370 g/mol. The topological polar surface area (TPSA) is 237 Å². The summed E-state index contributed by atoms with van der Waals surface area (Å²) in [6.07, 6.45) is 58.9. The van der Waals surface area contributed by atoms with E-state index in [1.165, 1.54) is 218 Å². The molecule has 5 atom stereocenters. The lowest BCUT2D eigenvalue weighted by molar-refractivity contribution is -0.161. The molecule has 93 heavy (non-hydrogen) atoms. The number of carbonyl (C=O) groups is 4. The van der Waals surface area contributed by atoms with E-state index in [1.807, 2.05) is 0 Å². The molecule has 0 saturated heterocycles. The summed E-state index contributed by atoms with van der Waals surface area (Å²) in [7, 11) is -9.89. The number of aliphatic hydroxyl groups is 1. The predicted molar refractivity (Wildman–Crippen MR) is 377 cm³/mol. The van der Waals surface area contributed by atoms with Crippen LogP contribution >= 0.6 is 15.6 Å². The molecule has 0 aromatic heterocycles. The summed E-state index contributed by atoms with van der Waals surface area (Å²) in [6.45, 7) is 4.86. The summed E-state index contributed by atoms with van der Waals surface area (Å²) >= 11 is 0. The van der Waals surface area contributed by atoms with Gasteiger partial charge in [0.2, 0.25) is 0 Å². The number of phosphoric acid groups is 2. The number of esters is 4. The molecule has 0 aliphatic carbocycles. The molecule has 0 heterocycles. The zero-order chi connectivity index (χ0) is 68.2. The second-order valence-electron chi connectivity index (χ2n) is 26.7. The highest BCUT2D eigenvalue weighted by molar-refractivity contribution is 7.47. The molecule has 0 saturated carbocycles. The van der Waals surface area contributed by atoms with E-state index in [9.17, 15) is 43.2 Å². The van der Waals surface area contributed by atoms with Crippen molar-refractivity contribution in [1.29, 1.82) is 0 Å². The fourth-order valence-corrected chi connectivity index (χ4v) is 13.0. The number of rotatable bonds is 75. The Balaban J connectivity index is 5.08. The molecule has 0 bridgehead atoms. The van der Waals surface area contributed by atoms with Crippen LogP contribution in [-0.4, -0.2) is 96.7 Å². The summed E-state index contributed by atoms with van der Waals surface area (Å²) in [5.41, 5.74) is 0. The molecule has 19 heteroatoms. The van der Waals surface area contributed by atoms with Crippen LogP contribution in [-0.2, 0) is 65.4 Å². The summed E-state index contributed by atoms with van der Waals surface area (Å²) in [4.78, 5) is 72.3. The third-order valence-corrected chi connectivity index (χ3v) is 19.3. The van der Waals surface area contributed by atoms with Crippen LogP contribution in [0.4, 0.5) is 0 Å². The molecule has 0 spiro atoms. The van der Waals surface area contributed by atoms with Gasteiger partial charge in [0.25, 0.3) is 0 Å². The van der Waals surface area contributed by atoms with Gasteiger partial charge in [0.1, 0.15) is 19.3 Å². The molecule has 2 unspecified atom stereocenters. The maximum absolute atomic E-state index is 13.1. The third kappa shape index (κ3) is 68.4. The molecule has 0 aliphatic heterocycles. The van der Waals surface area contributed by atoms with E-state index in [0.717, 1.165) is 96.3 Å². The van der Waals surface area contributed by atoms with Crippen LogP contribution in [0.1, 0.15) is 394 Å². The summed E-state index contributed by atoms with van der Waals surface area (Å²) in [5.74, 6) is -2.13. The standard InChI is InChI=1S/C74H144O17P2/c1-5-9-13-17-20-23-25-27-29-31-32-33-34-35-37-39-41-43-46-49-53-57-61-74(79)91-70(65-85-72(77)59-55-51-47-45-42-40-38-36-30-28-26-24-21-18-14-10-6-2)67-89-93(82,83)87-63-68(75)62-86-92(80,81)88-66-69(64-84-71(76)58-54-50-16-12-8-4)90-73(78)60-56-52-48-44-22-19-15-11-7-3/h68-70,75H,5-67H2,1-4H3,(H,80,81)(H,82,83)/t68-,69+,70+/m0/s1. The van der Waals surface area contributed by atoms with Gasteiger partial charge in [-0.1, -0.05) is 342 Å². The van der Waals surface area contributed by atoms with Crippen LogP contribution in [0.15, 0.2) is 0 Å². The Hall–Kier alpha value is -1.94. The van der Waals surface area contributed by atoms with Gasteiger partial charge in [-0.3, -0.25) is 37.3 Å². The van der Waals surface area contributed by atoms with Gasteiger partial charge in [0.15, 0.2) is 12.2 Å². The second-order valence-corrected chi connectivity index (χ2v) is 29.6. The minimum absolute atomic E-state index is 0.105. The third-order valence-electron chi connectivity index (χ3n) is 17.4. The average molecular weight is 1370 g/mol. The van der Waals surface area contributed by atoms with Gasteiger partial charge in [-0.05, 0) is 25.7 Å². The van der Waals surface area contributed by atoms with E-state index in [0.29, 0.717) is 25.7 Å². The van der Waals surface area contributed by atoms with Crippen molar-refractivity contribution in [3.05, 3.63) is 0 Å². The van der Waals surface area contributed by atoms with Gasteiger partial charge >= 0.3 is 39.5 Å². The molecule has 0 rings (SSSR count). The highest BCUT2D eigenvalue weighted by atomic mass is 31.2. The first-order chi connectivity index (χ1) is 45.2. The maximum atomic E-state index is 13.1. The first-order valence-corrected chi connectivity index (χ1v) is 41.8. The molecule has 0 amide bonds. The molecule has 17 nitrogen and oxygen atoms in total. The van der Waals surface area contributed by atoms with Crippen molar-refractivity contribution in [2.45, 2.75) is 412 Å². The van der Waals surface area contributed by atoms with Crippen LogP contribution in [0, 0.1) is 0 Å². The Kier molecular flexibility index (Phi) is 67.1. The summed E-state index contributed by atoms with van der Waals surface area (Å²) < 4.78 is 68.1. The number of hydrogen-bond acceptors (Lipinski definition) is 15. The second kappa shape index (κ2) is 68.6. The van der Waals surface area contributed by atoms with Crippen LogP contribution in [0.5, 0.6) is 0 Å². The number of ether oxygens (including phenoxy) is 4. The van der Waals surface area contributed by atoms with Gasteiger partial charge in [0, 0.05) is 25.7 Å². The Morgan fingerprint density at radius 3 is 0.634 bits per heavy atom. The zero-order valence-electron chi connectivity index (χ0n) is 60.2. The van der Waals surface area contributed by atoms with Crippen molar-refractivity contribution in [3.63, 3.8) is 0 Å².